The third-order valence-corrected chi connectivity index (χ3v) is 6.55. The number of hydrogen-bond acceptors (Lipinski definition) is 2. The summed E-state index contributed by atoms with van der Waals surface area (Å²) in [5.74, 6) is 0.789. The van der Waals surface area contributed by atoms with Crippen molar-refractivity contribution >= 4 is 28.5 Å². The molecule has 0 spiro atoms. The SMILES string of the molecule is COc1ccc([C@@H]2c3[nH]c4ccc(Cl)cc4c3CCN2C(=O)NCCc2ccccc2)cc1. The third kappa shape index (κ3) is 4.29. The lowest BCUT2D eigenvalue weighted by Gasteiger charge is -2.36. The van der Waals surface area contributed by atoms with Crippen molar-refractivity contribution in [3.05, 3.63) is 100 Å². The summed E-state index contributed by atoms with van der Waals surface area (Å²) in [6.45, 7) is 1.21. The maximum absolute atomic E-state index is 13.3. The molecular formula is C27H26ClN3O2. The van der Waals surface area contributed by atoms with Crippen LogP contribution in [0.15, 0.2) is 72.8 Å². The van der Waals surface area contributed by atoms with Gasteiger partial charge in [-0.05, 0) is 59.9 Å². The monoisotopic (exact) mass is 459 g/mol. The predicted molar refractivity (Wildman–Crippen MR) is 132 cm³/mol. The summed E-state index contributed by atoms with van der Waals surface area (Å²) in [5.41, 5.74) is 5.54. The van der Waals surface area contributed by atoms with Crippen molar-refractivity contribution in [2.75, 3.05) is 20.2 Å². The summed E-state index contributed by atoms with van der Waals surface area (Å²) in [4.78, 5) is 18.8. The molecule has 33 heavy (non-hydrogen) atoms. The van der Waals surface area contributed by atoms with Crippen molar-refractivity contribution < 1.29 is 9.53 Å². The smallest absolute Gasteiger partial charge is 0.318 e. The first-order chi connectivity index (χ1) is 16.1. The van der Waals surface area contributed by atoms with Crippen LogP contribution in [-0.2, 0) is 12.8 Å². The lowest BCUT2D eigenvalue weighted by Crippen LogP contribution is -2.46. The van der Waals surface area contributed by atoms with Gasteiger partial charge >= 0.3 is 6.03 Å². The van der Waals surface area contributed by atoms with Gasteiger partial charge in [-0.25, -0.2) is 4.79 Å². The third-order valence-electron chi connectivity index (χ3n) is 6.31. The van der Waals surface area contributed by atoms with Crippen molar-refractivity contribution in [2.45, 2.75) is 18.9 Å². The molecule has 0 aliphatic carbocycles. The van der Waals surface area contributed by atoms with Crippen LogP contribution in [0, 0.1) is 0 Å². The number of nitrogens with one attached hydrogen (secondary N) is 2. The van der Waals surface area contributed by atoms with E-state index in [1.54, 1.807) is 7.11 Å². The molecule has 2 amide bonds. The van der Waals surface area contributed by atoms with Gasteiger partial charge in [-0.3, -0.25) is 0 Å². The number of hydrogen-bond donors (Lipinski definition) is 2. The van der Waals surface area contributed by atoms with Gasteiger partial charge in [0.2, 0.25) is 0 Å². The standard InChI is InChI=1S/C27H26ClN3O2/c1-33-21-10-7-19(8-11-21)26-25-22(23-17-20(28)9-12-24(23)30-25)14-16-31(26)27(32)29-15-13-18-5-3-2-4-6-18/h2-12,17,26,30H,13-16H2,1H3,(H,29,32)/t26-/m1/s1. The summed E-state index contributed by atoms with van der Waals surface area (Å²) in [7, 11) is 1.65. The zero-order valence-corrected chi connectivity index (χ0v) is 19.2. The number of aromatic amines is 1. The van der Waals surface area contributed by atoms with Crippen LogP contribution < -0.4 is 10.1 Å². The van der Waals surface area contributed by atoms with E-state index in [-0.39, 0.29) is 12.1 Å². The predicted octanol–water partition coefficient (Wildman–Crippen LogP) is 5.73. The van der Waals surface area contributed by atoms with Crippen LogP contribution in [0.3, 0.4) is 0 Å². The van der Waals surface area contributed by atoms with E-state index in [1.807, 2.05) is 65.6 Å². The number of carbonyl (C=O) groups is 1. The first-order valence-electron chi connectivity index (χ1n) is 11.2. The van der Waals surface area contributed by atoms with E-state index >= 15 is 0 Å². The Bertz CT molecular complexity index is 1270. The molecule has 1 aromatic heterocycles. The maximum Gasteiger partial charge on any atom is 0.318 e. The summed E-state index contributed by atoms with van der Waals surface area (Å²) >= 11 is 6.29. The van der Waals surface area contributed by atoms with Gasteiger partial charge in [-0.2, -0.15) is 0 Å². The second kappa shape index (κ2) is 9.20. The van der Waals surface area contributed by atoms with E-state index in [0.717, 1.165) is 40.8 Å². The van der Waals surface area contributed by atoms with Crippen molar-refractivity contribution in [1.82, 2.24) is 15.2 Å². The van der Waals surface area contributed by atoms with Gasteiger partial charge < -0.3 is 19.9 Å². The normalized spacial score (nSPS) is 15.3. The lowest BCUT2D eigenvalue weighted by molar-refractivity contribution is 0.179. The summed E-state index contributed by atoms with van der Waals surface area (Å²) < 4.78 is 5.34. The van der Waals surface area contributed by atoms with Crippen molar-refractivity contribution in [3.63, 3.8) is 0 Å². The molecule has 4 aromatic rings. The first kappa shape index (κ1) is 21.4. The summed E-state index contributed by atoms with van der Waals surface area (Å²) in [6.07, 6.45) is 1.57. The number of methoxy groups -OCH3 is 1. The summed E-state index contributed by atoms with van der Waals surface area (Å²) in [6, 6.07) is 23.8. The Kier molecular flexibility index (Phi) is 5.97. The molecule has 0 saturated heterocycles. The molecule has 2 heterocycles. The minimum Gasteiger partial charge on any atom is -0.497 e. The molecule has 6 heteroatoms. The van der Waals surface area contributed by atoms with E-state index in [4.69, 9.17) is 16.3 Å². The van der Waals surface area contributed by atoms with Crippen LogP contribution in [0.1, 0.15) is 28.4 Å². The van der Waals surface area contributed by atoms with Crippen LogP contribution in [0.25, 0.3) is 10.9 Å². The van der Waals surface area contributed by atoms with Crippen LogP contribution in [0.2, 0.25) is 5.02 Å². The number of carbonyl (C=O) groups excluding carboxylic acids is 1. The molecule has 0 unspecified atom stereocenters. The lowest BCUT2D eigenvalue weighted by atomic mass is 9.92. The number of amides is 2. The minimum atomic E-state index is -0.220. The summed E-state index contributed by atoms with van der Waals surface area (Å²) in [5, 5.41) is 4.96. The highest BCUT2D eigenvalue weighted by atomic mass is 35.5. The largest absolute Gasteiger partial charge is 0.497 e. The fourth-order valence-corrected chi connectivity index (χ4v) is 4.84. The highest BCUT2D eigenvalue weighted by Crippen LogP contribution is 2.39. The van der Waals surface area contributed by atoms with Crippen molar-refractivity contribution in [1.29, 1.82) is 0 Å². The molecule has 0 fully saturated rings. The molecule has 0 radical (unpaired) electrons. The second-order valence-electron chi connectivity index (χ2n) is 8.29. The number of halogens is 1. The molecule has 168 valence electrons. The van der Waals surface area contributed by atoms with Crippen LogP contribution >= 0.6 is 11.6 Å². The Morgan fingerprint density at radius 3 is 2.67 bits per heavy atom. The van der Waals surface area contributed by atoms with Crippen molar-refractivity contribution in [2.24, 2.45) is 0 Å². The van der Waals surface area contributed by atoms with E-state index in [2.05, 4.69) is 22.4 Å². The molecule has 1 atom stereocenters. The molecule has 0 saturated carbocycles. The van der Waals surface area contributed by atoms with E-state index < -0.39 is 0 Å². The zero-order valence-electron chi connectivity index (χ0n) is 18.5. The highest BCUT2D eigenvalue weighted by Gasteiger charge is 2.34. The van der Waals surface area contributed by atoms with Crippen LogP contribution in [0.5, 0.6) is 5.75 Å². The molecule has 2 N–H and O–H groups in total. The molecule has 5 nitrogen and oxygen atoms in total. The number of aromatic nitrogens is 1. The quantitative estimate of drug-likeness (QED) is 0.400. The molecular weight excluding hydrogens is 434 g/mol. The molecule has 0 bridgehead atoms. The van der Waals surface area contributed by atoms with E-state index in [1.165, 1.54) is 11.1 Å². The molecule has 1 aliphatic heterocycles. The number of ether oxygens (including phenoxy) is 1. The van der Waals surface area contributed by atoms with Gasteiger partial charge in [-0.15, -0.1) is 0 Å². The minimum absolute atomic E-state index is 0.0610. The number of rotatable bonds is 5. The van der Waals surface area contributed by atoms with Gasteiger partial charge in [0.15, 0.2) is 0 Å². The number of urea groups is 1. The maximum atomic E-state index is 13.3. The van der Waals surface area contributed by atoms with Gasteiger partial charge in [0.1, 0.15) is 5.75 Å². The van der Waals surface area contributed by atoms with Gasteiger partial charge in [0, 0.05) is 34.7 Å². The van der Waals surface area contributed by atoms with Gasteiger partial charge in [0.05, 0.1) is 13.2 Å². The number of H-pyrrole nitrogens is 1. The van der Waals surface area contributed by atoms with Crippen LogP contribution in [0.4, 0.5) is 4.79 Å². The number of fused-ring (bicyclic) bond motifs is 3. The Hall–Kier alpha value is -3.44. The number of nitrogens with zero attached hydrogens (tertiary/aromatic N) is 1. The number of benzene rings is 3. The zero-order chi connectivity index (χ0) is 22.8. The second-order valence-corrected chi connectivity index (χ2v) is 8.73. The van der Waals surface area contributed by atoms with E-state index in [9.17, 15) is 4.79 Å². The Morgan fingerprint density at radius 2 is 1.91 bits per heavy atom. The Labute approximate surface area is 198 Å². The average molecular weight is 460 g/mol. The van der Waals surface area contributed by atoms with E-state index in [0.29, 0.717) is 18.1 Å². The van der Waals surface area contributed by atoms with Crippen molar-refractivity contribution in [3.8, 4) is 5.75 Å². The first-order valence-corrected chi connectivity index (χ1v) is 11.5. The Balaban J connectivity index is 1.46. The fourth-order valence-electron chi connectivity index (χ4n) is 4.67. The molecule has 5 rings (SSSR count). The van der Waals surface area contributed by atoms with Crippen LogP contribution in [-0.4, -0.2) is 36.1 Å². The molecule has 3 aromatic carbocycles. The highest BCUT2D eigenvalue weighted by molar-refractivity contribution is 6.31. The fraction of sp³-hybridized carbons (Fsp3) is 0.222. The average Bonchev–Trinajstić information content (AvgIpc) is 3.22. The Morgan fingerprint density at radius 1 is 1.12 bits per heavy atom. The topological polar surface area (TPSA) is 57.4 Å². The van der Waals surface area contributed by atoms with Gasteiger partial charge in [-0.1, -0.05) is 54.1 Å². The molecule has 1 aliphatic rings. The van der Waals surface area contributed by atoms with Gasteiger partial charge in [0.25, 0.3) is 0 Å².